The molecule has 2 amide bonds. The molecule has 6 nitrogen and oxygen atoms in total. The molecule has 0 bridgehead atoms. The molecule has 3 rings (SSSR count). The fourth-order valence-corrected chi connectivity index (χ4v) is 2.36. The number of hydrogen-bond donors (Lipinski definition) is 2. The van der Waals surface area contributed by atoms with E-state index in [1.54, 1.807) is 0 Å². The first kappa shape index (κ1) is 16.0. The first-order chi connectivity index (χ1) is 11.7. The summed E-state index contributed by atoms with van der Waals surface area (Å²) in [5.41, 5.74) is 0.954. The molecule has 0 radical (unpaired) electrons. The van der Waals surface area contributed by atoms with Crippen molar-refractivity contribution in [1.29, 1.82) is 0 Å². The normalized spacial score (nSPS) is 13.2. The number of urea groups is 1. The van der Waals surface area contributed by atoms with E-state index in [1.807, 2.05) is 55.5 Å². The maximum atomic E-state index is 11.9. The summed E-state index contributed by atoms with van der Waals surface area (Å²) in [4.78, 5) is 11.9. The van der Waals surface area contributed by atoms with Crippen LogP contribution in [0.4, 0.5) is 4.79 Å². The number of para-hydroxylation sites is 1. The molecule has 1 atom stereocenters. The van der Waals surface area contributed by atoms with Crippen molar-refractivity contribution in [3.05, 3.63) is 54.1 Å². The number of carbonyl (C=O) groups excluding carboxylic acids is 1. The van der Waals surface area contributed by atoms with E-state index < -0.39 is 0 Å². The van der Waals surface area contributed by atoms with E-state index in [0.29, 0.717) is 18.9 Å². The van der Waals surface area contributed by atoms with Crippen molar-refractivity contribution in [3.8, 4) is 17.2 Å². The quantitative estimate of drug-likeness (QED) is 0.800. The third-order valence-electron chi connectivity index (χ3n) is 3.64. The molecule has 0 unspecified atom stereocenters. The number of ether oxygens (including phenoxy) is 3. The van der Waals surface area contributed by atoms with Crippen LogP contribution in [-0.2, 0) is 0 Å². The van der Waals surface area contributed by atoms with Gasteiger partial charge in [-0.1, -0.05) is 24.3 Å². The molecule has 2 aromatic rings. The van der Waals surface area contributed by atoms with E-state index in [2.05, 4.69) is 10.6 Å². The van der Waals surface area contributed by atoms with Crippen LogP contribution >= 0.6 is 0 Å². The highest BCUT2D eigenvalue weighted by Gasteiger charge is 2.16. The number of benzene rings is 2. The third-order valence-corrected chi connectivity index (χ3v) is 3.64. The number of nitrogens with one attached hydrogen (secondary N) is 2. The van der Waals surface area contributed by atoms with Gasteiger partial charge in [-0.15, -0.1) is 0 Å². The lowest BCUT2D eigenvalue weighted by molar-refractivity contribution is 0.174. The molecule has 6 heteroatoms. The van der Waals surface area contributed by atoms with Gasteiger partial charge in [-0.3, -0.25) is 0 Å². The van der Waals surface area contributed by atoms with Crippen molar-refractivity contribution < 1.29 is 19.0 Å². The summed E-state index contributed by atoms with van der Waals surface area (Å²) in [6.07, 6.45) is 0. The second-order valence-corrected chi connectivity index (χ2v) is 5.40. The SMILES string of the molecule is C[C@H](NC(=O)NCCOc1ccccc1)c1ccc2c(c1)OCO2. The first-order valence-corrected chi connectivity index (χ1v) is 7.84. The number of rotatable bonds is 6. The van der Waals surface area contributed by atoms with E-state index in [9.17, 15) is 4.79 Å². The summed E-state index contributed by atoms with van der Waals surface area (Å²) in [6.45, 7) is 2.99. The average Bonchev–Trinajstić information content (AvgIpc) is 3.07. The van der Waals surface area contributed by atoms with Crippen molar-refractivity contribution in [2.45, 2.75) is 13.0 Å². The Morgan fingerprint density at radius 2 is 1.96 bits per heavy atom. The first-order valence-electron chi connectivity index (χ1n) is 7.84. The monoisotopic (exact) mass is 328 g/mol. The van der Waals surface area contributed by atoms with Gasteiger partial charge < -0.3 is 24.8 Å². The molecule has 24 heavy (non-hydrogen) atoms. The van der Waals surface area contributed by atoms with Gasteiger partial charge in [-0.2, -0.15) is 0 Å². The third kappa shape index (κ3) is 4.10. The van der Waals surface area contributed by atoms with E-state index in [1.165, 1.54) is 0 Å². The number of hydrogen-bond acceptors (Lipinski definition) is 4. The van der Waals surface area contributed by atoms with Gasteiger partial charge in [0.05, 0.1) is 12.6 Å². The molecule has 0 aromatic heterocycles. The van der Waals surface area contributed by atoms with Gasteiger partial charge in [0.15, 0.2) is 11.5 Å². The molecule has 2 N–H and O–H groups in total. The zero-order chi connectivity index (χ0) is 16.8. The smallest absolute Gasteiger partial charge is 0.315 e. The van der Waals surface area contributed by atoms with Crippen LogP contribution in [0.2, 0.25) is 0 Å². The molecule has 0 saturated heterocycles. The zero-order valence-corrected chi connectivity index (χ0v) is 13.5. The van der Waals surface area contributed by atoms with Crippen LogP contribution in [0.5, 0.6) is 17.2 Å². The highest BCUT2D eigenvalue weighted by atomic mass is 16.7. The molecule has 126 valence electrons. The van der Waals surface area contributed by atoms with Crippen LogP contribution in [0.25, 0.3) is 0 Å². The summed E-state index contributed by atoms with van der Waals surface area (Å²) < 4.78 is 16.2. The zero-order valence-electron chi connectivity index (χ0n) is 13.5. The van der Waals surface area contributed by atoms with Crippen molar-refractivity contribution in [2.24, 2.45) is 0 Å². The fourth-order valence-electron chi connectivity index (χ4n) is 2.36. The molecule has 2 aromatic carbocycles. The van der Waals surface area contributed by atoms with Crippen molar-refractivity contribution >= 4 is 6.03 Å². The largest absolute Gasteiger partial charge is 0.492 e. The Morgan fingerprint density at radius 1 is 1.17 bits per heavy atom. The van der Waals surface area contributed by atoms with Crippen LogP contribution in [0.3, 0.4) is 0 Å². The van der Waals surface area contributed by atoms with Gasteiger partial charge in [0.25, 0.3) is 0 Å². The van der Waals surface area contributed by atoms with Crippen LogP contribution in [0.15, 0.2) is 48.5 Å². The molecule has 1 aliphatic rings. The van der Waals surface area contributed by atoms with Gasteiger partial charge in [-0.05, 0) is 36.8 Å². The van der Waals surface area contributed by atoms with Crippen LogP contribution in [0.1, 0.15) is 18.5 Å². The lowest BCUT2D eigenvalue weighted by atomic mass is 10.1. The molecule has 1 heterocycles. The summed E-state index contributed by atoms with van der Waals surface area (Å²) in [6, 6.07) is 14.8. The minimum Gasteiger partial charge on any atom is -0.492 e. The van der Waals surface area contributed by atoms with E-state index in [0.717, 1.165) is 17.1 Å². The van der Waals surface area contributed by atoms with E-state index in [-0.39, 0.29) is 18.9 Å². The summed E-state index contributed by atoms with van der Waals surface area (Å²) in [5, 5.41) is 5.66. The van der Waals surface area contributed by atoms with Crippen molar-refractivity contribution in [3.63, 3.8) is 0 Å². The van der Waals surface area contributed by atoms with E-state index >= 15 is 0 Å². The van der Waals surface area contributed by atoms with Crippen LogP contribution in [-0.4, -0.2) is 26.0 Å². The number of amides is 2. The molecule has 0 saturated carbocycles. The van der Waals surface area contributed by atoms with Gasteiger partial charge in [0, 0.05) is 0 Å². The Hall–Kier alpha value is -2.89. The summed E-state index contributed by atoms with van der Waals surface area (Å²) in [5.74, 6) is 2.22. The Bertz CT molecular complexity index is 691. The second kappa shape index (κ2) is 7.59. The lowest BCUT2D eigenvalue weighted by Crippen LogP contribution is -2.38. The molecule has 0 fully saturated rings. The average molecular weight is 328 g/mol. The lowest BCUT2D eigenvalue weighted by Gasteiger charge is -2.15. The van der Waals surface area contributed by atoms with Crippen molar-refractivity contribution in [1.82, 2.24) is 10.6 Å². The molecule has 0 spiro atoms. The van der Waals surface area contributed by atoms with Crippen LogP contribution in [0, 0.1) is 0 Å². The minimum absolute atomic E-state index is 0.144. The minimum atomic E-state index is -0.239. The summed E-state index contributed by atoms with van der Waals surface area (Å²) >= 11 is 0. The predicted molar refractivity (Wildman–Crippen MR) is 89.5 cm³/mol. The Balaban J connectivity index is 1.41. The number of carbonyl (C=O) groups is 1. The van der Waals surface area contributed by atoms with Gasteiger partial charge >= 0.3 is 6.03 Å². The maximum Gasteiger partial charge on any atom is 0.315 e. The van der Waals surface area contributed by atoms with E-state index in [4.69, 9.17) is 14.2 Å². The summed E-state index contributed by atoms with van der Waals surface area (Å²) in [7, 11) is 0. The van der Waals surface area contributed by atoms with Gasteiger partial charge in [-0.25, -0.2) is 4.79 Å². The van der Waals surface area contributed by atoms with Crippen LogP contribution < -0.4 is 24.8 Å². The second-order valence-electron chi connectivity index (χ2n) is 5.40. The number of fused-ring (bicyclic) bond motifs is 1. The predicted octanol–water partition coefficient (Wildman–Crippen LogP) is 2.85. The molecular weight excluding hydrogens is 308 g/mol. The molecular formula is C18H20N2O4. The Morgan fingerprint density at radius 3 is 2.79 bits per heavy atom. The fraction of sp³-hybridized carbons (Fsp3) is 0.278. The molecule has 0 aliphatic carbocycles. The standard InChI is InChI=1S/C18H20N2O4/c1-13(14-7-8-16-17(11-14)24-12-23-16)20-18(21)19-9-10-22-15-5-3-2-4-6-15/h2-8,11,13H,9-10,12H2,1H3,(H2,19,20,21)/t13-/m0/s1. The highest BCUT2D eigenvalue weighted by molar-refractivity contribution is 5.74. The highest BCUT2D eigenvalue weighted by Crippen LogP contribution is 2.34. The maximum absolute atomic E-state index is 11.9. The van der Waals surface area contributed by atoms with Gasteiger partial charge in [0.2, 0.25) is 6.79 Å². The molecule has 1 aliphatic heterocycles. The topological polar surface area (TPSA) is 68.8 Å². The van der Waals surface area contributed by atoms with Gasteiger partial charge in [0.1, 0.15) is 12.4 Å². The Labute approximate surface area is 140 Å². The van der Waals surface area contributed by atoms with Crippen molar-refractivity contribution in [2.75, 3.05) is 19.9 Å². The Kier molecular flexibility index (Phi) is 5.05.